The molecule has 0 aromatic carbocycles. The van der Waals surface area contributed by atoms with E-state index < -0.39 is 58.5 Å². The van der Waals surface area contributed by atoms with Gasteiger partial charge in [-0.15, -0.1) is 0 Å². The molecule has 0 heterocycles. The Morgan fingerprint density at radius 2 is 0.933 bits per heavy atom. The van der Waals surface area contributed by atoms with Gasteiger partial charge in [0.15, 0.2) is 18.0 Å². The number of carbonyl (C=O) groups excluding carboxylic acids is 6. The zero-order valence-electron chi connectivity index (χ0n) is 29.0. The first-order valence-corrected chi connectivity index (χ1v) is 14.9. The van der Waals surface area contributed by atoms with Crippen molar-refractivity contribution in [3.05, 3.63) is 0 Å². The van der Waals surface area contributed by atoms with E-state index in [1.54, 1.807) is 69.2 Å². The van der Waals surface area contributed by atoms with Gasteiger partial charge in [0.2, 0.25) is 5.41 Å². The van der Waals surface area contributed by atoms with Gasteiger partial charge in [-0.1, -0.05) is 0 Å². The molecule has 1 unspecified atom stereocenters. The summed E-state index contributed by atoms with van der Waals surface area (Å²) in [5, 5.41) is 0. The summed E-state index contributed by atoms with van der Waals surface area (Å²) < 4.78 is 40.8. The van der Waals surface area contributed by atoms with Crippen molar-refractivity contribution in [1.82, 2.24) is 0 Å². The second-order valence-electron chi connectivity index (χ2n) is 11.5. The molecule has 0 saturated heterocycles. The second-order valence-corrected chi connectivity index (χ2v) is 11.5. The summed E-state index contributed by atoms with van der Waals surface area (Å²) in [4.78, 5) is 71.7. The van der Waals surface area contributed by atoms with Crippen LogP contribution < -0.4 is 0 Å². The van der Waals surface area contributed by atoms with E-state index in [1.165, 1.54) is 13.8 Å². The average Bonchev–Trinajstić information content (AvgIpc) is 2.92. The second kappa shape index (κ2) is 21.6. The molecule has 0 N–H and O–H groups in total. The smallest absolute Gasteiger partial charge is 0.329 e. The van der Waals surface area contributed by atoms with Crippen LogP contribution in [0.4, 0.5) is 0 Å². The number of esters is 5. The predicted molar refractivity (Wildman–Crippen MR) is 161 cm³/mol. The fraction of sp³-hybridized carbons (Fsp3) is 0.806. The van der Waals surface area contributed by atoms with Crippen LogP contribution in [0, 0.1) is 16.2 Å². The van der Waals surface area contributed by atoms with Gasteiger partial charge >= 0.3 is 29.8 Å². The van der Waals surface area contributed by atoms with E-state index in [-0.39, 0.29) is 58.6 Å². The van der Waals surface area contributed by atoms with Crippen molar-refractivity contribution < 1.29 is 66.7 Å². The van der Waals surface area contributed by atoms with E-state index in [9.17, 15) is 28.8 Å². The summed E-state index contributed by atoms with van der Waals surface area (Å²) in [6.07, 6.45) is -0.391. The Balaban J connectivity index is 0. The molecule has 0 radical (unpaired) electrons. The fourth-order valence-corrected chi connectivity index (χ4v) is 3.04. The number of hydrogen-bond donors (Lipinski definition) is 0. The third kappa shape index (κ3) is 16.2. The minimum Gasteiger partial charge on any atom is -0.465 e. The molecule has 0 spiro atoms. The number of carbonyl (C=O) groups is 6. The fourth-order valence-electron chi connectivity index (χ4n) is 3.04. The molecule has 45 heavy (non-hydrogen) atoms. The summed E-state index contributed by atoms with van der Waals surface area (Å²) in [6, 6.07) is 0. The van der Waals surface area contributed by atoms with E-state index in [4.69, 9.17) is 33.2 Å². The summed E-state index contributed by atoms with van der Waals surface area (Å²) >= 11 is 0. The number of ketones is 1. The van der Waals surface area contributed by atoms with Crippen LogP contribution in [0.2, 0.25) is 0 Å². The maximum atomic E-state index is 12.5. The third-order valence-corrected chi connectivity index (χ3v) is 5.75. The van der Waals surface area contributed by atoms with Crippen LogP contribution in [0.1, 0.15) is 83.1 Å². The number of Topliss-reactive ketones (excluding diaryl/α,β-unsaturated/α-hetero) is 1. The molecule has 0 saturated carbocycles. The largest absolute Gasteiger partial charge is 0.465 e. The standard InChI is InChI=1S/C17H30O7.C14H24O7/c1-8-21-14(19)17(10-23-12(3)4,15(20)22-9-2)11-24-13(18)16(5,6)7;1-6-19-13(17)14(11(4)15,8-20-10(2)3)7-18-9-21-12(5)16/h12H,8-11H2,1-7H3;10H,6-9H2,1-5H3. The molecule has 0 aromatic heterocycles. The zero-order chi connectivity index (χ0) is 35.4. The van der Waals surface area contributed by atoms with E-state index in [0.717, 1.165) is 0 Å². The molecule has 262 valence electrons. The first-order valence-electron chi connectivity index (χ1n) is 14.9. The van der Waals surface area contributed by atoms with Crippen LogP contribution in [0.15, 0.2) is 0 Å². The van der Waals surface area contributed by atoms with Crippen molar-refractivity contribution >= 4 is 35.6 Å². The Labute approximate surface area is 267 Å². The van der Waals surface area contributed by atoms with Gasteiger partial charge in [-0.05, 0) is 76.2 Å². The lowest BCUT2D eigenvalue weighted by Crippen LogP contribution is -2.50. The maximum Gasteiger partial charge on any atom is 0.329 e. The zero-order valence-corrected chi connectivity index (χ0v) is 29.0. The summed E-state index contributed by atoms with van der Waals surface area (Å²) in [7, 11) is 0. The molecule has 0 fully saturated rings. The van der Waals surface area contributed by atoms with Gasteiger partial charge in [0.05, 0.1) is 57.3 Å². The normalized spacial score (nSPS) is 12.8. The van der Waals surface area contributed by atoms with Gasteiger partial charge < -0.3 is 37.9 Å². The number of ether oxygens (including phenoxy) is 8. The summed E-state index contributed by atoms with van der Waals surface area (Å²) in [6.45, 7) is 18.3. The Hall–Kier alpha value is -3.10. The molecule has 0 aromatic rings. The van der Waals surface area contributed by atoms with Crippen molar-refractivity contribution in [2.45, 2.75) is 95.3 Å². The van der Waals surface area contributed by atoms with E-state index in [2.05, 4.69) is 4.74 Å². The van der Waals surface area contributed by atoms with Gasteiger partial charge in [-0.3, -0.25) is 28.8 Å². The highest BCUT2D eigenvalue weighted by atomic mass is 16.7. The first-order chi connectivity index (χ1) is 20.8. The maximum absolute atomic E-state index is 12.5. The van der Waals surface area contributed by atoms with Gasteiger partial charge in [0.1, 0.15) is 6.61 Å². The van der Waals surface area contributed by atoms with Crippen molar-refractivity contribution in [2.75, 3.05) is 53.0 Å². The highest BCUT2D eigenvalue weighted by Gasteiger charge is 2.52. The quantitative estimate of drug-likeness (QED) is 0.0655. The van der Waals surface area contributed by atoms with Crippen molar-refractivity contribution in [3.8, 4) is 0 Å². The number of rotatable bonds is 19. The lowest BCUT2D eigenvalue weighted by molar-refractivity contribution is -0.187. The van der Waals surface area contributed by atoms with Crippen LogP contribution >= 0.6 is 0 Å². The molecule has 0 aliphatic heterocycles. The highest BCUT2D eigenvalue weighted by molar-refractivity contribution is 6.03. The van der Waals surface area contributed by atoms with Gasteiger partial charge in [-0.2, -0.15) is 0 Å². The predicted octanol–water partition coefficient (Wildman–Crippen LogP) is 3.20. The topological polar surface area (TPSA) is 176 Å². The SMILES string of the molecule is CCOC(=O)C(COC(=O)C(C)(C)C)(COC(C)C)C(=O)OCC.CCOC(=O)C(COCOC(C)=O)(COC(C)C)C(C)=O. The number of hydrogen-bond acceptors (Lipinski definition) is 14. The average molecular weight is 651 g/mol. The Morgan fingerprint density at radius 3 is 1.27 bits per heavy atom. The molecular weight excluding hydrogens is 596 g/mol. The van der Waals surface area contributed by atoms with Crippen LogP contribution in [0.25, 0.3) is 0 Å². The van der Waals surface area contributed by atoms with Crippen molar-refractivity contribution in [1.29, 1.82) is 0 Å². The molecule has 0 aliphatic carbocycles. The van der Waals surface area contributed by atoms with E-state index >= 15 is 0 Å². The van der Waals surface area contributed by atoms with E-state index in [0.29, 0.717) is 0 Å². The molecule has 0 rings (SSSR count). The first kappa shape index (κ1) is 44.0. The minimum atomic E-state index is -1.84. The lowest BCUT2D eigenvalue weighted by atomic mass is 9.85. The third-order valence-electron chi connectivity index (χ3n) is 5.75. The Bertz CT molecular complexity index is 932. The van der Waals surface area contributed by atoms with Crippen LogP contribution in [-0.4, -0.2) is 101 Å². The summed E-state index contributed by atoms with van der Waals surface area (Å²) in [5.74, 6) is -3.84. The minimum absolute atomic E-state index is 0.0783. The molecule has 0 aliphatic rings. The molecule has 14 nitrogen and oxygen atoms in total. The van der Waals surface area contributed by atoms with E-state index in [1.807, 2.05) is 0 Å². The highest BCUT2D eigenvalue weighted by Crippen LogP contribution is 2.27. The molecule has 1 atom stereocenters. The van der Waals surface area contributed by atoms with Gasteiger partial charge in [0.25, 0.3) is 0 Å². The lowest BCUT2D eigenvalue weighted by Gasteiger charge is -2.30. The molecular formula is C31H54O14. The van der Waals surface area contributed by atoms with Gasteiger partial charge in [0, 0.05) is 6.92 Å². The Kier molecular flexibility index (Phi) is 21.1. The molecule has 0 amide bonds. The van der Waals surface area contributed by atoms with Crippen LogP contribution in [-0.2, 0) is 66.7 Å². The van der Waals surface area contributed by atoms with Crippen LogP contribution in [0.3, 0.4) is 0 Å². The molecule has 0 bridgehead atoms. The monoisotopic (exact) mass is 650 g/mol. The van der Waals surface area contributed by atoms with Crippen LogP contribution in [0.5, 0.6) is 0 Å². The van der Waals surface area contributed by atoms with Crippen molar-refractivity contribution in [2.24, 2.45) is 16.2 Å². The Morgan fingerprint density at radius 1 is 0.533 bits per heavy atom. The van der Waals surface area contributed by atoms with Crippen molar-refractivity contribution in [3.63, 3.8) is 0 Å². The molecule has 14 heteroatoms. The van der Waals surface area contributed by atoms with Gasteiger partial charge in [-0.25, -0.2) is 0 Å². The summed E-state index contributed by atoms with van der Waals surface area (Å²) in [5.41, 5.74) is -4.16.